The second-order valence-corrected chi connectivity index (χ2v) is 7.18. The summed E-state index contributed by atoms with van der Waals surface area (Å²) in [6, 6.07) is 4.40. The zero-order chi connectivity index (χ0) is 22.2. The van der Waals surface area contributed by atoms with Crippen molar-refractivity contribution in [2.24, 2.45) is 0 Å². The number of hydrogen-bond acceptors (Lipinski definition) is 5. The van der Waals surface area contributed by atoms with Crippen LogP contribution in [-0.4, -0.2) is 49.4 Å². The lowest BCUT2D eigenvalue weighted by atomic mass is 9.93. The Morgan fingerprint density at radius 1 is 1.21 bits per heavy atom. The van der Waals surface area contributed by atoms with Crippen LogP contribution in [0, 0.1) is 5.82 Å². The lowest BCUT2D eigenvalue weighted by Gasteiger charge is -2.32. The van der Waals surface area contributed by atoms with Gasteiger partial charge in [-0.05, 0) is 51.8 Å². The third kappa shape index (κ3) is 6.76. The van der Waals surface area contributed by atoms with Gasteiger partial charge in [-0.15, -0.1) is 0 Å². The second-order valence-electron chi connectivity index (χ2n) is 7.18. The van der Waals surface area contributed by atoms with E-state index in [1.54, 1.807) is 39.8 Å². The molecule has 1 aliphatic heterocycles. The first-order valence-electron chi connectivity index (χ1n) is 9.87. The average Bonchev–Trinajstić information content (AvgIpc) is 2.67. The minimum atomic E-state index is -0.645. The summed E-state index contributed by atoms with van der Waals surface area (Å²) in [4.78, 5) is 26.3. The van der Waals surface area contributed by atoms with Crippen LogP contribution in [0.5, 0.6) is 5.75 Å². The molecule has 0 aromatic heterocycles. The lowest BCUT2D eigenvalue weighted by molar-refractivity contribution is -0.138. The summed E-state index contributed by atoms with van der Waals surface area (Å²) in [5, 5.41) is 0. The Hall–Kier alpha value is -2.57. The van der Waals surface area contributed by atoms with E-state index in [0.717, 1.165) is 0 Å². The monoisotopic (exact) mass is 409 g/mol. The molecule has 2 rings (SSSR count). The number of nitrogens with zero attached hydrogens (tertiary/aromatic N) is 1. The van der Waals surface area contributed by atoms with Gasteiger partial charge in [0.15, 0.2) is 0 Å². The fourth-order valence-corrected chi connectivity index (χ4v) is 2.80. The summed E-state index contributed by atoms with van der Waals surface area (Å²) in [5.74, 6) is -0.655. The molecule has 0 saturated carbocycles. The van der Waals surface area contributed by atoms with Gasteiger partial charge in [-0.3, -0.25) is 0 Å². The molecule has 0 bridgehead atoms. The lowest BCUT2D eigenvalue weighted by Crippen LogP contribution is -2.41. The van der Waals surface area contributed by atoms with Gasteiger partial charge in [-0.1, -0.05) is 13.8 Å². The smallest absolute Gasteiger partial charge is 0.410 e. The molecule has 0 N–H and O–H groups in total. The van der Waals surface area contributed by atoms with Gasteiger partial charge in [0.1, 0.15) is 17.2 Å². The van der Waals surface area contributed by atoms with Gasteiger partial charge in [0.2, 0.25) is 0 Å². The first-order valence-corrected chi connectivity index (χ1v) is 9.87. The van der Waals surface area contributed by atoms with E-state index in [1.165, 1.54) is 18.1 Å². The van der Waals surface area contributed by atoms with E-state index in [-0.39, 0.29) is 25.1 Å². The number of carbonyl (C=O) groups is 2. The highest BCUT2D eigenvalue weighted by molar-refractivity contribution is 5.99. The number of rotatable bonds is 4. The van der Waals surface area contributed by atoms with Gasteiger partial charge in [-0.2, -0.15) is 0 Å². The van der Waals surface area contributed by atoms with Gasteiger partial charge in [-0.25, -0.2) is 14.0 Å². The molecular formula is C22H32FNO5. The summed E-state index contributed by atoms with van der Waals surface area (Å²) in [6.07, 6.45) is -0.240. The highest BCUT2D eigenvalue weighted by atomic mass is 19.1. The summed E-state index contributed by atoms with van der Waals surface area (Å²) >= 11 is 0. The molecule has 1 heterocycles. The van der Waals surface area contributed by atoms with Crippen LogP contribution in [0.3, 0.4) is 0 Å². The zero-order valence-electron chi connectivity index (χ0n) is 18.4. The molecular weight excluding hydrogens is 377 g/mol. The predicted molar refractivity (Wildman–Crippen MR) is 110 cm³/mol. The van der Waals surface area contributed by atoms with E-state index in [1.807, 2.05) is 13.8 Å². The van der Waals surface area contributed by atoms with Crippen molar-refractivity contribution in [1.29, 1.82) is 0 Å². The van der Waals surface area contributed by atoms with Crippen molar-refractivity contribution in [3.63, 3.8) is 0 Å². The Labute approximate surface area is 172 Å². The van der Waals surface area contributed by atoms with E-state index >= 15 is 0 Å². The SMILES string of the molecule is CC.CCOC(=O)C1=C(c2ccc(OC)cc2F)CN(C(=O)OC(C)(C)C)CC1. The number of hydrogen-bond donors (Lipinski definition) is 0. The Morgan fingerprint density at radius 3 is 2.38 bits per heavy atom. The number of carbonyl (C=O) groups excluding carboxylic acids is 2. The molecule has 7 heteroatoms. The highest BCUT2D eigenvalue weighted by Gasteiger charge is 2.31. The summed E-state index contributed by atoms with van der Waals surface area (Å²) in [7, 11) is 1.45. The standard InChI is InChI=1S/C20H26FNO5.C2H6/c1-6-26-18(23)15-9-10-22(19(24)27-20(2,3)4)12-16(15)14-8-7-13(25-5)11-17(14)21;1-2/h7-8,11H,6,9-10,12H2,1-5H3;1-2H3. The number of benzene rings is 1. The van der Waals surface area contributed by atoms with Crippen molar-refractivity contribution >= 4 is 17.6 Å². The van der Waals surface area contributed by atoms with Crippen molar-refractivity contribution in [3.8, 4) is 5.75 Å². The van der Waals surface area contributed by atoms with E-state index in [2.05, 4.69) is 0 Å². The van der Waals surface area contributed by atoms with Crippen LogP contribution in [0.25, 0.3) is 5.57 Å². The summed E-state index contributed by atoms with van der Waals surface area (Å²) in [5.41, 5.74) is 0.395. The predicted octanol–water partition coefficient (Wildman–Crippen LogP) is 4.82. The third-order valence-corrected chi connectivity index (χ3v) is 4.02. The number of methoxy groups -OCH3 is 1. The molecule has 0 radical (unpaired) electrons. The molecule has 29 heavy (non-hydrogen) atoms. The van der Waals surface area contributed by atoms with Crippen LogP contribution in [0.2, 0.25) is 0 Å². The molecule has 0 spiro atoms. The van der Waals surface area contributed by atoms with Gasteiger partial charge >= 0.3 is 12.1 Å². The molecule has 6 nitrogen and oxygen atoms in total. The molecule has 0 unspecified atom stereocenters. The van der Waals surface area contributed by atoms with Crippen LogP contribution >= 0.6 is 0 Å². The molecule has 0 saturated heterocycles. The third-order valence-electron chi connectivity index (χ3n) is 4.02. The minimum absolute atomic E-state index is 0.0618. The molecule has 0 aliphatic carbocycles. The fraction of sp³-hybridized carbons (Fsp3) is 0.545. The van der Waals surface area contributed by atoms with Crippen LogP contribution in [-0.2, 0) is 14.3 Å². The fourth-order valence-electron chi connectivity index (χ4n) is 2.80. The average molecular weight is 409 g/mol. The largest absolute Gasteiger partial charge is 0.497 e. The maximum Gasteiger partial charge on any atom is 0.410 e. The molecule has 1 aromatic carbocycles. The molecule has 1 aliphatic rings. The van der Waals surface area contributed by atoms with Crippen molar-refractivity contribution in [3.05, 3.63) is 35.2 Å². The Bertz CT molecular complexity index is 752. The quantitative estimate of drug-likeness (QED) is 0.667. The summed E-state index contributed by atoms with van der Waals surface area (Å²) < 4.78 is 30.2. The minimum Gasteiger partial charge on any atom is -0.497 e. The van der Waals surface area contributed by atoms with Crippen LogP contribution in [0.4, 0.5) is 9.18 Å². The Morgan fingerprint density at radius 2 is 1.86 bits per heavy atom. The molecule has 162 valence electrons. The highest BCUT2D eigenvalue weighted by Crippen LogP contribution is 2.31. The summed E-state index contributed by atoms with van der Waals surface area (Å²) in [6.45, 7) is 11.6. The van der Waals surface area contributed by atoms with Gasteiger partial charge in [0.05, 0.1) is 20.3 Å². The van der Waals surface area contributed by atoms with Crippen molar-refractivity contribution in [2.75, 3.05) is 26.8 Å². The molecule has 0 atom stereocenters. The Balaban J connectivity index is 0.00000204. The topological polar surface area (TPSA) is 65.1 Å². The number of esters is 1. The first-order chi connectivity index (χ1) is 13.7. The van der Waals surface area contributed by atoms with Gasteiger partial charge in [0.25, 0.3) is 0 Å². The van der Waals surface area contributed by atoms with Crippen molar-refractivity contribution in [1.82, 2.24) is 4.90 Å². The van der Waals surface area contributed by atoms with E-state index in [9.17, 15) is 14.0 Å². The van der Waals surface area contributed by atoms with Crippen LogP contribution in [0.1, 0.15) is 53.5 Å². The van der Waals surface area contributed by atoms with Crippen molar-refractivity contribution in [2.45, 2.75) is 53.6 Å². The second kappa shape index (κ2) is 10.8. The molecule has 1 amide bonds. The number of amides is 1. The van der Waals surface area contributed by atoms with Crippen LogP contribution < -0.4 is 4.74 Å². The number of ether oxygens (including phenoxy) is 3. The molecule has 1 aromatic rings. The normalized spacial score (nSPS) is 14.0. The maximum atomic E-state index is 14.6. The van der Waals surface area contributed by atoms with E-state index < -0.39 is 23.5 Å². The van der Waals surface area contributed by atoms with Gasteiger partial charge < -0.3 is 19.1 Å². The number of halogens is 1. The first kappa shape index (κ1) is 24.5. The van der Waals surface area contributed by atoms with Gasteiger partial charge in [0, 0.05) is 23.7 Å². The van der Waals surface area contributed by atoms with E-state index in [4.69, 9.17) is 14.2 Å². The Kier molecular flexibility index (Phi) is 9.14. The van der Waals surface area contributed by atoms with Crippen LogP contribution in [0.15, 0.2) is 23.8 Å². The maximum absolute atomic E-state index is 14.6. The van der Waals surface area contributed by atoms with Crippen molar-refractivity contribution < 1.29 is 28.2 Å². The zero-order valence-corrected chi connectivity index (χ0v) is 18.4. The van der Waals surface area contributed by atoms with E-state index in [0.29, 0.717) is 23.4 Å². The molecule has 0 fully saturated rings.